The number of carbonyl (C=O) groups excluding carboxylic acids is 1. The molecule has 0 bridgehead atoms. The fourth-order valence-corrected chi connectivity index (χ4v) is 2.61. The Morgan fingerprint density at radius 2 is 1.92 bits per heavy atom. The maximum absolute atomic E-state index is 12.9. The van der Waals surface area contributed by atoms with Gasteiger partial charge in [0.1, 0.15) is 5.82 Å². The quantitative estimate of drug-likeness (QED) is 0.525. The van der Waals surface area contributed by atoms with Gasteiger partial charge in [-0.3, -0.25) is 9.48 Å². The van der Waals surface area contributed by atoms with Gasteiger partial charge in [0.25, 0.3) is 0 Å². The second-order valence-electron chi connectivity index (χ2n) is 5.74. The minimum absolute atomic E-state index is 0.00735. The van der Waals surface area contributed by atoms with E-state index in [-0.39, 0.29) is 11.6 Å². The van der Waals surface area contributed by atoms with E-state index in [0.29, 0.717) is 23.0 Å². The largest absolute Gasteiger partial charge is 0.332 e. The minimum Gasteiger partial charge on any atom is -0.332 e. The minimum atomic E-state index is -0.262. The first-order valence-electron chi connectivity index (χ1n) is 7.96. The van der Waals surface area contributed by atoms with Crippen molar-refractivity contribution in [1.82, 2.24) is 9.78 Å². The second kappa shape index (κ2) is 7.88. The van der Waals surface area contributed by atoms with Gasteiger partial charge in [0.2, 0.25) is 0 Å². The molecule has 1 heterocycles. The van der Waals surface area contributed by atoms with Gasteiger partial charge in [-0.25, -0.2) is 4.39 Å². The zero-order valence-electron chi connectivity index (χ0n) is 14.1. The highest BCUT2D eigenvalue weighted by molar-refractivity contribution is 7.80. The first-order chi connectivity index (χ1) is 12.5. The van der Waals surface area contributed by atoms with E-state index in [1.54, 1.807) is 41.1 Å². The summed E-state index contributed by atoms with van der Waals surface area (Å²) < 4.78 is 14.7. The molecular formula is C19H17FN4OS. The number of rotatable bonds is 5. The van der Waals surface area contributed by atoms with E-state index in [1.807, 2.05) is 12.3 Å². The predicted molar refractivity (Wildman–Crippen MR) is 104 cm³/mol. The third kappa shape index (κ3) is 4.73. The van der Waals surface area contributed by atoms with E-state index < -0.39 is 0 Å². The van der Waals surface area contributed by atoms with Crippen molar-refractivity contribution < 1.29 is 9.18 Å². The Kier molecular flexibility index (Phi) is 5.38. The molecule has 0 fully saturated rings. The molecule has 1 aromatic heterocycles. The summed E-state index contributed by atoms with van der Waals surface area (Å²) in [6.07, 6.45) is 1.81. The van der Waals surface area contributed by atoms with Crippen LogP contribution in [-0.2, 0) is 6.54 Å². The fourth-order valence-electron chi connectivity index (χ4n) is 2.39. The lowest BCUT2D eigenvalue weighted by Gasteiger charge is -2.09. The standard InChI is InChI=1S/C19H17FN4OS/c1-13(25)15-3-2-4-17(11-15)21-19(26)22-18-9-10-24(23-18)12-14-5-7-16(20)8-6-14/h2-11H,12H2,1H3,(H2,21,22,23,26). The molecule has 2 N–H and O–H groups in total. The van der Waals surface area contributed by atoms with Gasteiger partial charge >= 0.3 is 0 Å². The average Bonchev–Trinajstić information content (AvgIpc) is 3.04. The van der Waals surface area contributed by atoms with Crippen molar-refractivity contribution in [2.45, 2.75) is 13.5 Å². The highest BCUT2D eigenvalue weighted by Gasteiger charge is 2.05. The van der Waals surface area contributed by atoms with Gasteiger partial charge in [-0.05, 0) is 49.0 Å². The first kappa shape index (κ1) is 17.8. The lowest BCUT2D eigenvalue weighted by molar-refractivity contribution is 0.101. The van der Waals surface area contributed by atoms with Crippen LogP contribution in [0, 0.1) is 5.82 Å². The SMILES string of the molecule is CC(=O)c1cccc(NC(=S)Nc2ccn(Cc3ccc(F)cc3)n2)c1. The summed E-state index contributed by atoms with van der Waals surface area (Å²) >= 11 is 5.28. The van der Waals surface area contributed by atoms with Gasteiger partial charge in [-0.2, -0.15) is 5.10 Å². The number of hydrogen-bond donors (Lipinski definition) is 2. The van der Waals surface area contributed by atoms with Crippen molar-refractivity contribution in [3.8, 4) is 0 Å². The molecule has 132 valence electrons. The number of benzene rings is 2. The number of ketones is 1. The monoisotopic (exact) mass is 368 g/mol. The van der Waals surface area contributed by atoms with Crippen LogP contribution in [0.4, 0.5) is 15.9 Å². The molecule has 3 aromatic rings. The van der Waals surface area contributed by atoms with Crippen LogP contribution in [0.5, 0.6) is 0 Å². The van der Waals surface area contributed by atoms with Crippen molar-refractivity contribution in [3.63, 3.8) is 0 Å². The maximum Gasteiger partial charge on any atom is 0.176 e. The number of Topliss-reactive ketones (excluding diaryl/α,β-unsaturated/α-hetero) is 1. The third-order valence-electron chi connectivity index (χ3n) is 3.67. The van der Waals surface area contributed by atoms with Crippen LogP contribution >= 0.6 is 12.2 Å². The highest BCUT2D eigenvalue weighted by atomic mass is 32.1. The van der Waals surface area contributed by atoms with Crippen molar-refractivity contribution in [1.29, 1.82) is 0 Å². The number of halogens is 1. The molecule has 0 saturated carbocycles. The van der Waals surface area contributed by atoms with Gasteiger partial charge in [0, 0.05) is 23.5 Å². The molecule has 7 heteroatoms. The summed E-state index contributed by atoms with van der Waals surface area (Å²) in [5.74, 6) is 0.321. The Bertz CT molecular complexity index is 937. The van der Waals surface area contributed by atoms with Gasteiger partial charge in [-0.15, -0.1) is 0 Å². The number of nitrogens with one attached hydrogen (secondary N) is 2. The lowest BCUT2D eigenvalue weighted by atomic mass is 10.1. The van der Waals surface area contributed by atoms with Gasteiger partial charge in [-0.1, -0.05) is 24.3 Å². The van der Waals surface area contributed by atoms with Crippen molar-refractivity contribution in [2.75, 3.05) is 10.6 Å². The van der Waals surface area contributed by atoms with Crippen LogP contribution < -0.4 is 10.6 Å². The topological polar surface area (TPSA) is 59.0 Å². The van der Waals surface area contributed by atoms with E-state index in [2.05, 4.69) is 15.7 Å². The molecule has 0 radical (unpaired) electrons. The maximum atomic E-state index is 12.9. The molecular weight excluding hydrogens is 351 g/mol. The Hall–Kier alpha value is -3.06. The molecule has 0 saturated heterocycles. The molecule has 0 aliphatic rings. The number of anilines is 2. The second-order valence-corrected chi connectivity index (χ2v) is 6.15. The van der Waals surface area contributed by atoms with E-state index in [0.717, 1.165) is 11.3 Å². The Labute approximate surface area is 155 Å². The molecule has 3 rings (SSSR count). The number of aromatic nitrogens is 2. The predicted octanol–water partition coefficient (Wildman–Crippen LogP) is 4.08. The summed E-state index contributed by atoms with van der Waals surface area (Å²) in [5, 5.41) is 10.8. The average molecular weight is 368 g/mol. The molecule has 0 aliphatic carbocycles. The molecule has 5 nitrogen and oxygen atoms in total. The number of carbonyl (C=O) groups is 1. The third-order valence-corrected chi connectivity index (χ3v) is 3.87. The van der Waals surface area contributed by atoms with Crippen molar-refractivity contribution >= 4 is 34.6 Å². The molecule has 0 atom stereocenters. The van der Waals surface area contributed by atoms with E-state index in [9.17, 15) is 9.18 Å². The summed E-state index contributed by atoms with van der Waals surface area (Å²) in [7, 11) is 0. The van der Waals surface area contributed by atoms with Crippen LogP contribution in [-0.4, -0.2) is 20.7 Å². The molecule has 0 unspecified atom stereocenters. The number of hydrogen-bond acceptors (Lipinski definition) is 3. The van der Waals surface area contributed by atoms with Gasteiger partial charge < -0.3 is 10.6 Å². The zero-order chi connectivity index (χ0) is 18.5. The van der Waals surface area contributed by atoms with Crippen molar-refractivity contribution in [2.24, 2.45) is 0 Å². The lowest BCUT2D eigenvalue weighted by Crippen LogP contribution is -2.19. The number of nitrogens with zero attached hydrogens (tertiary/aromatic N) is 2. The molecule has 26 heavy (non-hydrogen) atoms. The van der Waals surface area contributed by atoms with Crippen LogP contribution in [0.1, 0.15) is 22.8 Å². The number of thiocarbonyl (C=S) groups is 1. The molecule has 0 spiro atoms. The normalized spacial score (nSPS) is 10.4. The highest BCUT2D eigenvalue weighted by Crippen LogP contribution is 2.13. The Morgan fingerprint density at radius 3 is 2.65 bits per heavy atom. The summed E-state index contributed by atoms with van der Waals surface area (Å²) in [6, 6.07) is 15.2. The first-order valence-corrected chi connectivity index (χ1v) is 8.37. The van der Waals surface area contributed by atoms with Crippen molar-refractivity contribution in [3.05, 3.63) is 77.7 Å². The van der Waals surface area contributed by atoms with Crippen LogP contribution in [0.2, 0.25) is 0 Å². The van der Waals surface area contributed by atoms with Crippen LogP contribution in [0.3, 0.4) is 0 Å². The van der Waals surface area contributed by atoms with E-state index in [1.165, 1.54) is 19.1 Å². The van der Waals surface area contributed by atoms with Crippen LogP contribution in [0.25, 0.3) is 0 Å². The zero-order valence-corrected chi connectivity index (χ0v) is 14.9. The summed E-state index contributed by atoms with van der Waals surface area (Å²) in [4.78, 5) is 11.4. The summed E-state index contributed by atoms with van der Waals surface area (Å²) in [6.45, 7) is 2.05. The summed E-state index contributed by atoms with van der Waals surface area (Å²) in [5.41, 5.74) is 2.28. The van der Waals surface area contributed by atoms with Gasteiger partial charge in [0.05, 0.1) is 6.54 Å². The van der Waals surface area contributed by atoms with E-state index in [4.69, 9.17) is 12.2 Å². The smallest absolute Gasteiger partial charge is 0.176 e. The molecule has 0 aliphatic heterocycles. The van der Waals surface area contributed by atoms with E-state index >= 15 is 0 Å². The molecule has 0 amide bonds. The fraction of sp³-hybridized carbons (Fsp3) is 0.105. The van der Waals surface area contributed by atoms with Crippen LogP contribution in [0.15, 0.2) is 60.8 Å². The van der Waals surface area contributed by atoms with Gasteiger partial charge in [0.15, 0.2) is 16.7 Å². The Balaban J connectivity index is 1.60. The molecule has 2 aromatic carbocycles. The Morgan fingerprint density at radius 1 is 1.15 bits per heavy atom.